The molecule has 6 nitrogen and oxygen atoms in total. The number of aromatic nitrogens is 5. The predicted molar refractivity (Wildman–Crippen MR) is 109 cm³/mol. The van der Waals surface area contributed by atoms with Gasteiger partial charge in [0.25, 0.3) is 0 Å². The Bertz CT molecular complexity index is 1150. The summed E-state index contributed by atoms with van der Waals surface area (Å²) in [6, 6.07) is 19.9. The summed E-state index contributed by atoms with van der Waals surface area (Å²) in [5, 5.41) is 16.4. The van der Waals surface area contributed by atoms with Crippen molar-refractivity contribution in [3.63, 3.8) is 0 Å². The van der Waals surface area contributed by atoms with Crippen molar-refractivity contribution >= 4 is 18.4 Å². The third-order valence-electron chi connectivity index (χ3n) is 4.33. The molecule has 2 aromatic carbocycles. The highest BCUT2D eigenvalue weighted by atomic mass is 32.1. The van der Waals surface area contributed by atoms with Crippen LogP contribution in [0.5, 0.6) is 0 Å². The number of hydrogen-bond acceptors (Lipinski definition) is 4. The van der Waals surface area contributed by atoms with Gasteiger partial charge >= 0.3 is 0 Å². The number of benzene rings is 2. The number of H-pyrrole nitrogens is 1. The molecule has 7 heteroatoms. The number of aromatic amines is 1. The number of nitrogens with one attached hydrogen (secondary N) is 1. The second-order valence-electron chi connectivity index (χ2n) is 6.11. The smallest absolute Gasteiger partial charge is 0.216 e. The Labute approximate surface area is 161 Å². The van der Waals surface area contributed by atoms with E-state index in [1.54, 1.807) is 10.9 Å². The lowest BCUT2D eigenvalue weighted by Gasteiger charge is -2.03. The van der Waals surface area contributed by atoms with Crippen molar-refractivity contribution in [2.24, 2.45) is 5.10 Å². The van der Waals surface area contributed by atoms with Crippen molar-refractivity contribution in [2.75, 3.05) is 0 Å². The summed E-state index contributed by atoms with van der Waals surface area (Å²) < 4.78 is 3.99. The van der Waals surface area contributed by atoms with Crippen LogP contribution in [0.1, 0.15) is 17.0 Å². The molecule has 0 bridgehead atoms. The number of hydrogen-bond donors (Lipinski definition) is 1. The fourth-order valence-electron chi connectivity index (χ4n) is 2.95. The van der Waals surface area contributed by atoms with Crippen molar-refractivity contribution in [3.05, 3.63) is 82.4 Å². The fourth-order valence-corrected chi connectivity index (χ4v) is 3.13. The van der Waals surface area contributed by atoms with Crippen LogP contribution in [0.15, 0.2) is 65.8 Å². The molecule has 0 radical (unpaired) electrons. The zero-order valence-corrected chi connectivity index (χ0v) is 15.8. The molecule has 0 unspecified atom stereocenters. The average Bonchev–Trinajstić information content (AvgIpc) is 3.21. The molecule has 0 saturated heterocycles. The molecule has 0 atom stereocenters. The highest BCUT2D eigenvalue weighted by molar-refractivity contribution is 7.71. The van der Waals surface area contributed by atoms with Gasteiger partial charge < -0.3 is 0 Å². The molecule has 1 N–H and O–H groups in total. The first-order valence-electron chi connectivity index (χ1n) is 8.54. The molecule has 2 aromatic heterocycles. The molecule has 0 aliphatic rings. The molecule has 0 amide bonds. The Morgan fingerprint density at radius 1 is 1.00 bits per heavy atom. The van der Waals surface area contributed by atoms with Gasteiger partial charge in [0.15, 0.2) is 5.82 Å². The maximum absolute atomic E-state index is 5.35. The molecular formula is C20H18N6S. The number of aryl methyl sites for hydroxylation is 1. The lowest BCUT2D eigenvalue weighted by Crippen LogP contribution is -1.99. The summed E-state index contributed by atoms with van der Waals surface area (Å²) in [6.07, 6.45) is 1.79. The fraction of sp³-hybridized carbons (Fsp3) is 0.100. The standard InChI is InChI=1S/C20H18N6S/c1-14-18(15(2)25(24-14)17-11-7-4-8-12-17)13-21-26-19(22-23-20(26)27)16-9-5-3-6-10-16/h3-13H,1-2H3,(H,23,27). The summed E-state index contributed by atoms with van der Waals surface area (Å²) in [6.45, 7) is 4.00. The maximum atomic E-state index is 5.35. The van der Waals surface area contributed by atoms with Crippen LogP contribution in [0.3, 0.4) is 0 Å². The van der Waals surface area contributed by atoms with Gasteiger partial charge in [-0.2, -0.15) is 20.0 Å². The quantitative estimate of drug-likeness (QED) is 0.428. The van der Waals surface area contributed by atoms with Gasteiger partial charge in [-0.3, -0.25) is 0 Å². The minimum atomic E-state index is 0.441. The minimum absolute atomic E-state index is 0.441. The van der Waals surface area contributed by atoms with Crippen LogP contribution in [-0.4, -0.2) is 30.9 Å². The maximum Gasteiger partial charge on any atom is 0.216 e. The lowest BCUT2D eigenvalue weighted by molar-refractivity contribution is 0.833. The van der Waals surface area contributed by atoms with Crippen molar-refractivity contribution in [1.82, 2.24) is 24.7 Å². The molecule has 27 heavy (non-hydrogen) atoms. The molecule has 134 valence electrons. The Morgan fingerprint density at radius 2 is 1.67 bits per heavy atom. The van der Waals surface area contributed by atoms with E-state index in [9.17, 15) is 0 Å². The van der Waals surface area contributed by atoms with Crippen LogP contribution in [0.2, 0.25) is 0 Å². The second kappa shape index (κ2) is 7.13. The zero-order valence-electron chi connectivity index (χ0n) is 15.0. The van der Waals surface area contributed by atoms with E-state index >= 15 is 0 Å². The molecular weight excluding hydrogens is 356 g/mol. The first-order valence-corrected chi connectivity index (χ1v) is 8.95. The lowest BCUT2D eigenvalue weighted by atomic mass is 10.2. The highest BCUT2D eigenvalue weighted by Gasteiger charge is 2.12. The number of rotatable bonds is 4. The number of nitrogens with zero attached hydrogens (tertiary/aromatic N) is 5. The molecule has 0 aliphatic carbocycles. The van der Waals surface area contributed by atoms with Gasteiger partial charge in [-0.25, -0.2) is 9.78 Å². The van der Waals surface area contributed by atoms with Gasteiger partial charge in [0.2, 0.25) is 4.77 Å². The van der Waals surface area contributed by atoms with Crippen LogP contribution < -0.4 is 0 Å². The summed E-state index contributed by atoms with van der Waals surface area (Å²) >= 11 is 5.35. The average molecular weight is 374 g/mol. The Morgan fingerprint density at radius 3 is 2.37 bits per heavy atom. The predicted octanol–water partition coefficient (Wildman–Crippen LogP) is 4.29. The summed E-state index contributed by atoms with van der Waals surface area (Å²) in [4.78, 5) is 0. The largest absolute Gasteiger partial charge is 0.250 e. The van der Waals surface area contributed by atoms with E-state index in [0.717, 1.165) is 28.2 Å². The summed E-state index contributed by atoms with van der Waals surface area (Å²) in [5.74, 6) is 0.669. The minimum Gasteiger partial charge on any atom is -0.250 e. The first-order chi connectivity index (χ1) is 13.1. The van der Waals surface area contributed by atoms with Crippen LogP contribution in [0.4, 0.5) is 0 Å². The first kappa shape index (κ1) is 17.1. The van der Waals surface area contributed by atoms with Gasteiger partial charge in [-0.15, -0.1) is 0 Å². The number of para-hydroxylation sites is 1. The third kappa shape index (κ3) is 3.24. The van der Waals surface area contributed by atoms with Crippen LogP contribution >= 0.6 is 12.2 Å². The normalized spacial score (nSPS) is 11.3. The monoisotopic (exact) mass is 374 g/mol. The van der Waals surface area contributed by atoms with Crippen LogP contribution in [0.25, 0.3) is 17.1 Å². The van der Waals surface area contributed by atoms with Crippen LogP contribution in [-0.2, 0) is 0 Å². The summed E-state index contributed by atoms with van der Waals surface area (Å²) in [5.41, 5.74) is 4.83. The Balaban J connectivity index is 1.74. The molecule has 4 rings (SSSR count). The van der Waals surface area contributed by atoms with Crippen molar-refractivity contribution in [2.45, 2.75) is 13.8 Å². The van der Waals surface area contributed by atoms with E-state index in [0.29, 0.717) is 10.6 Å². The topological polar surface area (TPSA) is 63.8 Å². The van der Waals surface area contributed by atoms with Gasteiger partial charge in [-0.05, 0) is 38.2 Å². The molecule has 0 saturated carbocycles. The van der Waals surface area contributed by atoms with E-state index in [-0.39, 0.29) is 0 Å². The third-order valence-corrected chi connectivity index (χ3v) is 4.60. The van der Waals surface area contributed by atoms with Crippen LogP contribution in [0, 0.1) is 18.6 Å². The summed E-state index contributed by atoms with van der Waals surface area (Å²) in [7, 11) is 0. The van der Waals surface area contributed by atoms with E-state index in [1.165, 1.54) is 0 Å². The van der Waals surface area contributed by atoms with Gasteiger partial charge in [0.1, 0.15) is 0 Å². The van der Waals surface area contributed by atoms with Crippen molar-refractivity contribution in [3.8, 4) is 17.1 Å². The molecule has 0 spiro atoms. The molecule has 2 heterocycles. The molecule has 0 aliphatic heterocycles. The van der Waals surface area contributed by atoms with E-state index in [2.05, 4.69) is 20.4 Å². The Hall–Kier alpha value is -3.32. The zero-order chi connectivity index (χ0) is 18.8. The van der Waals surface area contributed by atoms with Gasteiger partial charge in [0.05, 0.1) is 23.3 Å². The molecule has 4 aromatic rings. The van der Waals surface area contributed by atoms with Gasteiger partial charge in [-0.1, -0.05) is 48.5 Å². The van der Waals surface area contributed by atoms with Crippen molar-refractivity contribution < 1.29 is 0 Å². The van der Waals surface area contributed by atoms with E-state index in [1.807, 2.05) is 79.2 Å². The Kier molecular flexibility index (Phi) is 4.52. The van der Waals surface area contributed by atoms with E-state index in [4.69, 9.17) is 12.2 Å². The molecule has 0 fully saturated rings. The van der Waals surface area contributed by atoms with Crippen molar-refractivity contribution in [1.29, 1.82) is 0 Å². The van der Waals surface area contributed by atoms with Gasteiger partial charge in [0, 0.05) is 11.1 Å². The SMILES string of the molecule is Cc1nn(-c2ccccc2)c(C)c1C=Nn1c(-c2ccccc2)n[nH]c1=S. The second-order valence-corrected chi connectivity index (χ2v) is 6.49. The highest BCUT2D eigenvalue weighted by Crippen LogP contribution is 2.18. The van der Waals surface area contributed by atoms with E-state index < -0.39 is 0 Å².